The molecule has 1 fully saturated rings. The molecule has 1 aliphatic rings. The fourth-order valence-electron chi connectivity index (χ4n) is 2.69. The van der Waals surface area contributed by atoms with Crippen LogP contribution in [-0.4, -0.2) is 82.3 Å². The summed E-state index contributed by atoms with van der Waals surface area (Å²) in [4.78, 5) is 14.1. The number of halogens is 1. The quantitative estimate of drug-likeness (QED) is 0.649. The smallest absolute Gasteiger partial charge is 0.224 e. The SMILES string of the molecule is CS(=O)(=O)N(CCNC(=O)Cc1ccc(F)cc1)CCN1CCOCC1. The molecule has 0 atom stereocenters. The van der Waals surface area contributed by atoms with E-state index in [-0.39, 0.29) is 31.2 Å². The molecule has 0 aromatic heterocycles. The van der Waals surface area contributed by atoms with Gasteiger partial charge in [0.05, 0.1) is 25.9 Å². The third kappa shape index (κ3) is 7.36. The summed E-state index contributed by atoms with van der Waals surface area (Å²) in [6.07, 6.45) is 1.31. The zero-order valence-corrected chi connectivity index (χ0v) is 15.8. The maximum atomic E-state index is 12.9. The van der Waals surface area contributed by atoms with Crippen LogP contribution in [0, 0.1) is 5.82 Å². The summed E-state index contributed by atoms with van der Waals surface area (Å²) in [6, 6.07) is 5.72. The van der Waals surface area contributed by atoms with Gasteiger partial charge < -0.3 is 10.1 Å². The van der Waals surface area contributed by atoms with Gasteiger partial charge in [-0.3, -0.25) is 9.69 Å². The zero-order chi connectivity index (χ0) is 19.0. The number of morpholine rings is 1. The van der Waals surface area contributed by atoms with Crippen molar-refractivity contribution in [3.8, 4) is 0 Å². The summed E-state index contributed by atoms with van der Waals surface area (Å²) in [6.45, 7) is 4.40. The van der Waals surface area contributed by atoms with Crippen LogP contribution in [0.1, 0.15) is 5.56 Å². The first-order valence-electron chi connectivity index (χ1n) is 8.61. The highest BCUT2D eigenvalue weighted by Gasteiger charge is 2.19. The van der Waals surface area contributed by atoms with E-state index in [1.807, 2.05) is 0 Å². The van der Waals surface area contributed by atoms with Gasteiger partial charge in [0, 0.05) is 39.3 Å². The van der Waals surface area contributed by atoms with E-state index in [1.54, 1.807) is 12.1 Å². The number of amides is 1. The molecule has 0 bridgehead atoms. The minimum absolute atomic E-state index is 0.132. The number of nitrogens with zero attached hydrogens (tertiary/aromatic N) is 2. The van der Waals surface area contributed by atoms with Crippen LogP contribution in [0.5, 0.6) is 0 Å². The number of carbonyl (C=O) groups excluding carboxylic acids is 1. The van der Waals surface area contributed by atoms with Crippen molar-refractivity contribution in [1.82, 2.24) is 14.5 Å². The Balaban J connectivity index is 1.75. The summed E-state index contributed by atoms with van der Waals surface area (Å²) in [5, 5.41) is 2.71. The second kappa shape index (κ2) is 9.96. The van der Waals surface area contributed by atoms with Crippen LogP contribution in [0.3, 0.4) is 0 Å². The lowest BCUT2D eigenvalue weighted by Crippen LogP contribution is -2.45. The normalized spacial score (nSPS) is 16.0. The molecule has 0 saturated carbocycles. The molecular weight excluding hydrogens is 361 g/mol. The lowest BCUT2D eigenvalue weighted by atomic mass is 10.1. The van der Waals surface area contributed by atoms with Gasteiger partial charge in [-0.25, -0.2) is 12.8 Å². The number of ether oxygens (including phenoxy) is 1. The molecule has 26 heavy (non-hydrogen) atoms. The third-order valence-electron chi connectivity index (χ3n) is 4.20. The Morgan fingerprint density at radius 1 is 1.23 bits per heavy atom. The number of benzene rings is 1. The molecule has 7 nitrogen and oxygen atoms in total. The van der Waals surface area contributed by atoms with Crippen molar-refractivity contribution in [2.75, 3.05) is 58.7 Å². The van der Waals surface area contributed by atoms with Gasteiger partial charge in [0.25, 0.3) is 0 Å². The van der Waals surface area contributed by atoms with E-state index < -0.39 is 10.0 Å². The van der Waals surface area contributed by atoms with Crippen molar-refractivity contribution in [3.63, 3.8) is 0 Å². The van der Waals surface area contributed by atoms with Gasteiger partial charge in [-0.05, 0) is 17.7 Å². The summed E-state index contributed by atoms with van der Waals surface area (Å²) in [5.41, 5.74) is 0.705. The van der Waals surface area contributed by atoms with Crippen LogP contribution < -0.4 is 5.32 Å². The second-order valence-corrected chi connectivity index (χ2v) is 8.25. The summed E-state index contributed by atoms with van der Waals surface area (Å²) in [5.74, 6) is -0.573. The van der Waals surface area contributed by atoms with E-state index >= 15 is 0 Å². The molecule has 0 unspecified atom stereocenters. The first-order valence-corrected chi connectivity index (χ1v) is 10.5. The van der Waals surface area contributed by atoms with Gasteiger partial charge in [-0.2, -0.15) is 4.31 Å². The van der Waals surface area contributed by atoms with Crippen LogP contribution in [0.25, 0.3) is 0 Å². The van der Waals surface area contributed by atoms with Crippen molar-refractivity contribution in [3.05, 3.63) is 35.6 Å². The number of hydrogen-bond donors (Lipinski definition) is 1. The Morgan fingerprint density at radius 3 is 2.50 bits per heavy atom. The van der Waals surface area contributed by atoms with E-state index in [2.05, 4.69) is 10.2 Å². The molecule has 0 aliphatic carbocycles. The van der Waals surface area contributed by atoms with Gasteiger partial charge in [0.1, 0.15) is 5.82 Å². The van der Waals surface area contributed by atoms with Crippen LogP contribution in [0.4, 0.5) is 4.39 Å². The molecule has 1 heterocycles. The predicted molar refractivity (Wildman–Crippen MR) is 96.8 cm³/mol. The highest BCUT2D eigenvalue weighted by Crippen LogP contribution is 2.04. The molecule has 1 N–H and O–H groups in total. The molecule has 1 saturated heterocycles. The minimum atomic E-state index is -3.34. The number of rotatable bonds is 9. The largest absolute Gasteiger partial charge is 0.379 e. The van der Waals surface area contributed by atoms with Crippen molar-refractivity contribution >= 4 is 15.9 Å². The van der Waals surface area contributed by atoms with Gasteiger partial charge in [-0.1, -0.05) is 12.1 Å². The Bertz CT molecular complexity index is 676. The van der Waals surface area contributed by atoms with E-state index in [1.165, 1.54) is 22.7 Å². The van der Waals surface area contributed by atoms with Gasteiger partial charge in [0.2, 0.25) is 15.9 Å². The molecule has 1 aromatic carbocycles. The number of hydrogen-bond acceptors (Lipinski definition) is 5. The highest BCUT2D eigenvalue weighted by molar-refractivity contribution is 7.88. The Morgan fingerprint density at radius 2 is 1.88 bits per heavy atom. The molecule has 2 rings (SSSR count). The number of carbonyl (C=O) groups is 1. The maximum Gasteiger partial charge on any atom is 0.224 e. The monoisotopic (exact) mass is 387 g/mol. The van der Waals surface area contributed by atoms with Crippen LogP contribution in [0.2, 0.25) is 0 Å². The molecule has 1 aromatic rings. The van der Waals surface area contributed by atoms with Crippen molar-refractivity contribution in [1.29, 1.82) is 0 Å². The number of sulfonamides is 1. The first kappa shape index (κ1) is 20.8. The summed E-state index contributed by atoms with van der Waals surface area (Å²) < 4.78 is 43.4. The summed E-state index contributed by atoms with van der Waals surface area (Å²) >= 11 is 0. The highest BCUT2D eigenvalue weighted by atomic mass is 32.2. The topological polar surface area (TPSA) is 79.0 Å². The lowest BCUT2D eigenvalue weighted by molar-refractivity contribution is -0.120. The predicted octanol–water partition coefficient (Wildman–Crippen LogP) is 0.0782. The van der Waals surface area contributed by atoms with Crippen LogP contribution >= 0.6 is 0 Å². The number of nitrogens with one attached hydrogen (secondary N) is 1. The third-order valence-corrected chi connectivity index (χ3v) is 5.50. The van der Waals surface area contributed by atoms with E-state index in [0.29, 0.717) is 31.9 Å². The fraction of sp³-hybridized carbons (Fsp3) is 0.588. The molecule has 0 spiro atoms. The molecule has 1 aliphatic heterocycles. The van der Waals surface area contributed by atoms with Crippen molar-refractivity contribution in [2.24, 2.45) is 0 Å². The first-order chi connectivity index (χ1) is 12.3. The van der Waals surface area contributed by atoms with Gasteiger partial charge in [-0.15, -0.1) is 0 Å². The maximum absolute atomic E-state index is 12.9. The average Bonchev–Trinajstić information content (AvgIpc) is 2.59. The Hall–Kier alpha value is -1.55. The zero-order valence-electron chi connectivity index (χ0n) is 15.0. The van der Waals surface area contributed by atoms with Crippen LogP contribution in [0.15, 0.2) is 24.3 Å². The molecule has 146 valence electrons. The second-order valence-electron chi connectivity index (χ2n) is 6.27. The Kier molecular flexibility index (Phi) is 7.95. The average molecular weight is 387 g/mol. The summed E-state index contributed by atoms with van der Waals surface area (Å²) in [7, 11) is -3.34. The molecule has 9 heteroatoms. The van der Waals surface area contributed by atoms with Crippen LogP contribution in [-0.2, 0) is 26.0 Å². The minimum Gasteiger partial charge on any atom is -0.379 e. The van der Waals surface area contributed by atoms with E-state index in [0.717, 1.165) is 13.1 Å². The molecule has 1 amide bonds. The lowest BCUT2D eigenvalue weighted by Gasteiger charge is -2.29. The van der Waals surface area contributed by atoms with Crippen molar-refractivity contribution in [2.45, 2.75) is 6.42 Å². The van der Waals surface area contributed by atoms with Gasteiger partial charge >= 0.3 is 0 Å². The van der Waals surface area contributed by atoms with Crippen molar-refractivity contribution < 1.29 is 22.3 Å². The van der Waals surface area contributed by atoms with E-state index in [9.17, 15) is 17.6 Å². The van der Waals surface area contributed by atoms with Gasteiger partial charge in [0.15, 0.2) is 0 Å². The Labute approximate surface area is 154 Å². The standard InChI is InChI=1S/C17H26FN3O4S/c1-26(23,24)21(9-8-20-10-12-25-13-11-20)7-6-19-17(22)14-15-2-4-16(18)5-3-15/h2-5H,6-14H2,1H3,(H,19,22). The molecule has 0 radical (unpaired) electrons. The fourth-order valence-corrected chi connectivity index (χ4v) is 3.53. The van der Waals surface area contributed by atoms with E-state index in [4.69, 9.17) is 4.74 Å². The molecular formula is C17H26FN3O4S.